The zero-order chi connectivity index (χ0) is 23.6. The first-order valence-corrected chi connectivity index (χ1v) is 11.4. The Labute approximate surface area is 193 Å². The van der Waals surface area contributed by atoms with E-state index in [4.69, 9.17) is 4.74 Å². The van der Waals surface area contributed by atoms with Crippen LogP contribution < -0.4 is 10.6 Å². The Morgan fingerprint density at radius 2 is 1.61 bits per heavy atom. The van der Waals surface area contributed by atoms with Gasteiger partial charge in [0.05, 0.1) is 0 Å². The molecule has 174 valence electrons. The third-order valence-corrected chi connectivity index (χ3v) is 6.82. The number of hydrogen-bond donors (Lipinski definition) is 3. The second kappa shape index (κ2) is 9.25. The summed E-state index contributed by atoms with van der Waals surface area (Å²) >= 11 is 0. The number of alkyl carbamates (subject to hydrolysis) is 1. The van der Waals surface area contributed by atoms with E-state index in [2.05, 4.69) is 34.9 Å². The van der Waals surface area contributed by atoms with Gasteiger partial charge in [0.15, 0.2) is 0 Å². The number of nitrogens with one attached hydrogen (secondary N) is 2. The van der Waals surface area contributed by atoms with Crippen LogP contribution >= 0.6 is 0 Å². The lowest BCUT2D eigenvalue weighted by molar-refractivity contribution is -0.146. The van der Waals surface area contributed by atoms with Crippen LogP contribution in [0.3, 0.4) is 0 Å². The van der Waals surface area contributed by atoms with Gasteiger partial charge in [-0.25, -0.2) is 9.59 Å². The van der Waals surface area contributed by atoms with Gasteiger partial charge in [-0.1, -0.05) is 55.0 Å². The van der Waals surface area contributed by atoms with E-state index in [0.29, 0.717) is 13.0 Å². The van der Waals surface area contributed by atoms with Crippen LogP contribution in [-0.2, 0) is 14.3 Å². The third kappa shape index (κ3) is 4.72. The Bertz CT molecular complexity index is 1020. The van der Waals surface area contributed by atoms with Gasteiger partial charge in [-0.3, -0.25) is 4.79 Å². The zero-order valence-electron chi connectivity index (χ0n) is 19.0. The van der Waals surface area contributed by atoms with Crippen LogP contribution in [0.1, 0.15) is 50.2 Å². The molecule has 0 unspecified atom stereocenters. The van der Waals surface area contributed by atoms with Gasteiger partial charge in [0.25, 0.3) is 0 Å². The Hall–Kier alpha value is -3.35. The van der Waals surface area contributed by atoms with Crippen LogP contribution in [0.25, 0.3) is 11.1 Å². The summed E-state index contributed by atoms with van der Waals surface area (Å²) in [7, 11) is 0. The summed E-state index contributed by atoms with van der Waals surface area (Å²) < 4.78 is 5.58. The number of benzene rings is 2. The molecule has 7 nitrogen and oxygen atoms in total. The fourth-order valence-corrected chi connectivity index (χ4v) is 4.94. The quantitative estimate of drug-likeness (QED) is 0.593. The first-order chi connectivity index (χ1) is 15.8. The van der Waals surface area contributed by atoms with Crippen molar-refractivity contribution in [2.24, 2.45) is 11.8 Å². The number of carbonyl (C=O) groups excluding carboxylic acids is 2. The minimum absolute atomic E-state index is 0.00796. The van der Waals surface area contributed by atoms with Gasteiger partial charge in [-0.2, -0.15) is 0 Å². The standard InChI is InChI=1S/C26H30N2O5/c1-26(2,24(30)31)28-23(29)17-13-7-8-16(17)14-27-25(32)33-15-22-20-11-5-3-9-18(20)19-10-4-6-12-21(19)22/h3-6,9-12,16-17,22H,7-8,13-15H2,1-2H3,(H,27,32)(H,28,29)(H,30,31)/t16-,17-/m0/s1. The van der Waals surface area contributed by atoms with Crippen molar-refractivity contribution in [3.8, 4) is 11.1 Å². The molecule has 7 heteroatoms. The van der Waals surface area contributed by atoms with Crippen molar-refractivity contribution in [3.63, 3.8) is 0 Å². The fourth-order valence-electron chi connectivity index (χ4n) is 4.94. The molecule has 0 aliphatic heterocycles. The van der Waals surface area contributed by atoms with Crippen molar-refractivity contribution in [1.29, 1.82) is 0 Å². The van der Waals surface area contributed by atoms with Crippen molar-refractivity contribution < 1.29 is 24.2 Å². The number of ether oxygens (including phenoxy) is 1. The summed E-state index contributed by atoms with van der Waals surface area (Å²) in [5, 5.41) is 14.7. The molecular weight excluding hydrogens is 420 g/mol. The Morgan fingerprint density at radius 1 is 1.00 bits per heavy atom. The SMILES string of the molecule is CC(C)(NC(=O)[C@H]1CCC[C@H]1CNC(=O)OCC1c2ccccc2-c2ccccc21)C(=O)O. The number of hydrogen-bond acceptors (Lipinski definition) is 4. The molecule has 0 bridgehead atoms. The van der Waals surface area contributed by atoms with E-state index < -0.39 is 17.6 Å². The molecule has 33 heavy (non-hydrogen) atoms. The van der Waals surface area contributed by atoms with Crippen LogP contribution in [0.4, 0.5) is 4.79 Å². The van der Waals surface area contributed by atoms with Crippen molar-refractivity contribution in [2.75, 3.05) is 13.2 Å². The summed E-state index contributed by atoms with van der Waals surface area (Å²) in [5.41, 5.74) is 3.32. The molecule has 2 aliphatic carbocycles. The summed E-state index contributed by atoms with van der Waals surface area (Å²) in [6.45, 7) is 3.49. The smallest absolute Gasteiger partial charge is 0.407 e. The Kier molecular flexibility index (Phi) is 6.40. The number of rotatable bonds is 7. The topological polar surface area (TPSA) is 105 Å². The Balaban J connectivity index is 1.32. The molecule has 2 aromatic carbocycles. The first kappa shape index (κ1) is 22.8. The maximum absolute atomic E-state index is 12.6. The highest BCUT2D eigenvalue weighted by molar-refractivity contribution is 5.87. The number of amides is 2. The normalized spacial score (nSPS) is 19.5. The summed E-state index contributed by atoms with van der Waals surface area (Å²) in [4.78, 5) is 36.4. The molecule has 0 saturated heterocycles. The second-order valence-corrected chi connectivity index (χ2v) is 9.42. The molecule has 1 fully saturated rings. The molecule has 2 aliphatic rings. The predicted octanol–water partition coefficient (Wildman–Crippen LogP) is 3.92. The molecule has 2 aromatic rings. The number of carbonyl (C=O) groups is 3. The molecule has 0 radical (unpaired) electrons. The van der Waals surface area contributed by atoms with E-state index in [1.807, 2.05) is 24.3 Å². The largest absolute Gasteiger partial charge is 0.480 e. The average molecular weight is 451 g/mol. The maximum atomic E-state index is 12.6. The van der Waals surface area contributed by atoms with E-state index in [1.165, 1.54) is 25.0 Å². The maximum Gasteiger partial charge on any atom is 0.407 e. The predicted molar refractivity (Wildman–Crippen MR) is 124 cm³/mol. The number of carboxylic acid groups (broad SMARTS) is 1. The van der Waals surface area contributed by atoms with Crippen molar-refractivity contribution in [2.45, 2.75) is 44.6 Å². The van der Waals surface area contributed by atoms with Crippen LogP contribution in [0, 0.1) is 11.8 Å². The lowest BCUT2D eigenvalue weighted by Crippen LogP contribution is -2.52. The van der Waals surface area contributed by atoms with Crippen molar-refractivity contribution in [3.05, 3.63) is 59.7 Å². The van der Waals surface area contributed by atoms with Gasteiger partial charge in [0.2, 0.25) is 5.91 Å². The Morgan fingerprint density at radius 3 is 2.21 bits per heavy atom. The summed E-state index contributed by atoms with van der Waals surface area (Å²) in [6, 6.07) is 16.3. The second-order valence-electron chi connectivity index (χ2n) is 9.42. The van der Waals surface area contributed by atoms with Gasteiger partial charge in [0.1, 0.15) is 12.1 Å². The monoisotopic (exact) mass is 450 g/mol. The van der Waals surface area contributed by atoms with Crippen LogP contribution in [0.5, 0.6) is 0 Å². The highest BCUT2D eigenvalue weighted by Gasteiger charge is 2.38. The lowest BCUT2D eigenvalue weighted by Gasteiger charge is -2.26. The number of aliphatic carboxylic acids is 1. The summed E-state index contributed by atoms with van der Waals surface area (Å²) in [5.74, 6) is -1.74. The highest BCUT2D eigenvalue weighted by Crippen LogP contribution is 2.44. The van der Waals surface area contributed by atoms with E-state index in [9.17, 15) is 19.5 Å². The molecule has 0 spiro atoms. The highest BCUT2D eigenvalue weighted by atomic mass is 16.5. The summed E-state index contributed by atoms with van der Waals surface area (Å²) in [6.07, 6.45) is 1.84. The number of fused-ring (bicyclic) bond motifs is 3. The van der Waals surface area contributed by atoms with Crippen LogP contribution in [0.15, 0.2) is 48.5 Å². The van der Waals surface area contributed by atoms with Gasteiger partial charge in [-0.15, -0.1) is 0 Å². The van der Waals surface area contributed by atoms with E-state index >= 15 is 0 Å². The average Bonchev–Trinajstić information content (AvgIpc) is 3.39. The van der Waals surface area contributed by atoms with Gasteiger partial charge >= 0.3 is 12.1 Å². The molecule has 2 atom stereocenters. The molecule has 2 amide bonds. The molecule has 4 rings (SSSR count). The lowest BCUT2D eigenvalue weighted by atomic mass is 9.93. The third-order valence-electron chi connectivity index (χ3n) is 6.82. The van der Waals surface area contributed by atoms with Crippen LogP contribution in [-0.4, -0.2) is 41.8 Å². The number of carboxylic acids is 1. The van der Waals surface area contributed by atoms with Gasteiger partial charge in [-0.05, 0) is 54.9 Å². The molecule has 0 aromatic heterocycles. The van der Waals surface area contributed by atoms with E-state index in [-0.39, 0.29) is 30.3 Å². The van der Waals surface area contributed by atoms with Crippen molar-refractivity contribution in [1.82, 2.24) is 10.6 Å². The molecule has 3 N–H and O–H groups in total. The van der Waals surface area contributed by atoms with Gasteiger partial charge < -0.3 is 20.5 Å². The molecule has 0 heterocycles. The van der Waals surface area contributed by atoms with Gasteiger partial charge in [0, 0.05) is 18.4 Å². The fraction of sp³-hybridized carbons (Fsp3) is 0.423. The van der Waals surface area contributed by atoms with Crippen molar-refractivity contribution >= 4 is 18.0 Å². The first-order valence-electron chi connectivity index (χ1n) is 11.4. The zero-order valence-corrected chi connectivity index (χ0v) is 19.0. The minimum Gasteiger partial charge on any atom is -0.480 e. The van der Waals surface area contributed by atoms with E-state index in [1.54, 1.807) is 0 Å². The van der Waals surface area contributed by atoms with Crippen LogP contribution in [0.2, 0.25) is 0 Å². The molecule has 1 saturated carbocycles. The van der Waals surface area contributed by atoms with E-state index in [0.717, 1.165) is 24.0 Å². The minimum atomic E-state index is -1.33. The molecular formula is C26H30N2O5.